The molecule has 0 radical (unpaired) electrons. The van der Waals surface area contributed by atoms with Gasteiger partial charge in [0.05, 0.1) is 6.26 Å². The molecule has 5 nitrogen and oxygen atoms in total. The van der Waals surface area contributed by atoms with Crippen molar-refractivity contribution in [3.05, 3.63) is 35.8 Å². The predicted octanol–water partition coefficient (Wildman–Crippen LogP) is 0.0833. The Hall–Kier alpha value is -1.31. The van der Waals surface area contributed by atoms with E-state index < -0.39 is 17.1 Å². The van der Waals surface area contributed by atoms with E-state index in [1.165, 1.54) is 12.1 Å². The number of benzene rings is 1. The molecule has 1 rings (SSSR count). The van der Waals surface area contributed by atoms with Gasteiger partial charge in [0.15, 0.2) is 0 Å². The smallest absolute Gasteiger partial charge is 0.424 e. The molecule has 0 aromatic heterocycles. The van der Waals surface area contributed by atoms with Gasteiger partial charge in [0, 0.05) is 5.69 Å². The molecule has 0 heterocycles. The first-order valence-corrected chi connectivity index (χ1v) is 6.38. The largest absolute Gasteiger partial charge is 0.480 e. The average Bonchev–Trinajstić information content (AvgIpc) is 2.14. The van der Waals surface area contributed by atoms with E-state index in [0.29, 0.717) is 5.69 Å². The molecular weight excluding hydrogens is 229 g/mol. The fourth-order valence-corrected chi connectivity index (χ4v) is 1.64. The van der Waals surface area contributed by atoms with Gasteiger partial charge in [0.1, 0.15) is 0 Å². The van der Waals surface area contributed by atoms with Gasteiger partial charge in [0.2, 0.25) is 10.0 Å². The molecule has 0 amide bonds. The zero-order valence-electron chi connectivity index (χ0n) is 8.66. The monoisotopic (exact) mass is 241 g/mol. The number of anilines is 1. The summed E-state index contributed by atoms with van der Waals surface area (Å²) in [5.74, 6) is 1.21. The predicted molar refractivity (Wildman–Crippen MR) is 64.1 cm³/mol. The topological polar surface area (TPSA) is 86.6 Å². The van der Waals surface area contributed by atoms with Crippen molar-refractivity contribution in [1.29, 1.82) is 0 Å². The molecule has 86 valence electrons. The lowest BCUT2D eigenvalue weighted by Crippen LogP contribution is -2.09. The Labute approximate surface area is 94.6 Å². The Bertz CT molecular complexity index is 467. The third-order valence-corrected chi connectivity index (χ3v) is 2.28. The lowest BCUT2D eigenvalue weighted by atomic mass is 9.91. The summed E-state index contributed by atoms with van der Waals surface area (Å²) < 4.78 is 24.1. The van der Waals surface area contributed by atoms with Crippen LogP contribution in [-0.4, -0.2) is 31.8 Å². The lowest BCUT2D eigenvalue weighted by molar-refractivity contribution is 0.424. The van der Waals surface area contributed by atoms with Crippen molar-refractivity contribution >= 4 is 28.9 Å². The molecule has 0 spiro atoms. The first-order valence-electron chi connectivity index (χ1n) is 4.49. The normalized spacial score (nSPS) is 11.7. The molecule has 0 atom stereocenters. The summed E-state index contributed by atoms with van der Waals surface area (Å²) >= 11 is 0. The molecule has 0 aliphatic heterocycles. The minimum Gasteiger partial charge on any atom is -0.424 e. The van der Waals surface area contributed by atoms with Crippen LogP contribution < -0.4 is 4.72 Å². The zero-order valence-corrected chi connectivity index (χ0v) is 9.48. The minimum absolute atomic E-state index is 0.462. The van der Waals surface area contributed by atoms with Crippen molar-refractivity contribution in [1.82, 2.24) is 0 Å². The molecule has 0 unspecified atom stereocenters. The summed E-state index contributed by atoms with van der Waals surface area (Å²) in [4.78, 5) is 0. The maximum absolute atomic E-state index is 10.9. The van der Waals surface area contributed by atoms with Gasteiger partial charge < -0.3 is 10.0 Å². The second-order valence-electron chi connectivity index (χ2n) is 3.27. The van der Waals surface area contributed by atoms with Gasteiger partial charge in [-0.2, -0.15) is 0 Å². The quantitative estimate of drug-likeness (QED) is 0.651. The third kappa shape index (κ3) is 4.97. The molecule has 3 N–H and O–H groups in total. The van der Waals surface area contributed by atoms with Gasteiger partial charge >= 0.3 is 7.12 Å². The van der Waals surface area contributed by atoms with Crippen LogP contribution in [0, 0.1) is 0 Å². The minimum atomic E-state index is -3.26. The zero-order chi connectivity index (χ0) is 12.2. The Morgan fingerprint density at radius 1 is 1.25 bits per heavy atom. The van der Waals surface area contributed by atoms with Crippen molar-refractivity contribution in [2.24, 2.45) is 0 Å². The second-order valence-corrected chi connectivity index (χ2v) is 5.02. The Morgan fingerprint density at radius 2 is 1.81 bits per heavy atom. The van der Waals surface area contributed by atoms with E-state index in [-0.39, 0.29) is 0 Å². The first-order chi connectivity index (χ1) is 7.37. The highest BCUT2D eigenvalue weighted by Crippen LogP contribution is 2.11. The van der Waals surface area contributed by atoms with Gasteiger partial charge in [0.25, 0.3) is 0 Å². The van der Waals surface area contributed by atoms with E-state index in [9.17, 15) is 8.42 Å². The first kappa shape index (κ1) is 12.8. The highest BCUT2D eigenvalue weighted by Gasteiger charge is 2.01. The molecule has 1 aromatic rings. The summed E-state index contributed by atoms with van der Waals surface area (Å²) in [5.41, 5.74) is 1.20. The summed E-state index contributed by atoms with van der Waals surface area (Å²) in [7, 11) is -4.76. The standard InChI is InChI=1S/C9H12BNO4S/c1-16(14,15)11-9-4-2-8(3-5-9)6-7-10(12)13/h2-7,11-13H,1H3/b7-6+. The molecule has 7 heteroatoms. The summed E-state index contributed by atoms with van der Waals surface area (Å²) in [6.07, 6.45) is 2.60. The molecule has 0 saturated heterocycles. The van der Waals surface area contributed by atoms with Crippen molar-refractivity contribution in [2.75, 3.05) is 11.0 Å². The van der Waals surface area contributed by atoms with Crippen LogP contribution in [0.2, 0.25) is 0 Å². The van der Waals surface area contributed by atoms with Crippen LogP contribution in [0.25, 0.3) is 6.08 Å². The highest BCUT2D eigenvalue weighted by atomic mass is 32.2. The van der Waals surface area contributed by atoms with E-state index in [0.717, 1.165) is 11.8 Å². The summed E-state index contributed by atoms with van der Waals surface area (Å²) in [6, 6.07) is 6.49. The highest BCUT2D eigenvalue weighted by molar-refractivity contribution is 7.92. The molecule has 1 aromatic carbocycles. The van der Waals surface area contributed by atoms with E-state index in [1.807, 2.05) is 0 Å². The van der Waals surface area contributed by atoms with Gasteiger partial charge in [-0.25, -0.2) is 8.42 Å². The number of rotatable bonds is 4. The van der Waals surface area contributed by atoms with Gasteiger partial charge in [-0.1, -0.05) is 24.2 Å². The maximum atomic E-state index is 10.9. The Balaban J connectivity index is 2.76. The number of nitrogens with one attached hydrogen (secondary N) is 1. The molecule has 16 heavy (non-hydrogen) atoms. The molecule has 0 aliphatic rings. The molecule has 0 saturated carbocycles. The fourth-order valence-electron chi connectivity index (χ4n) is 1.07. The van der Waals surface area contributed by atoms with Crippen LogP contribution in [0.5, 0.6) is 0 Å². The van der Waals surface area contributed by atoms with Crippen LogP contribution >= 0.6 is 0 Å². The van der Waals surface area contributed by atoms with E-state index in [1.54, 1.807) is 24.3 Å². The number of hydrogen-bond acceptors (Lipinski definition) is 4. The van der Waals surface area contributed by atoms with Crippen molar-refractivity contribution in [3.63, 3.8) is 0 Å². The van der Waals surface area contributed by atoms with E-state index in [2.05, 4.69) is 4.72 Å². The second kappa shape index (κ2) is 5.15. The van der Waals surface area contributed by atoms with Gasteiger partial charge in [-0.05, 0) is 17.7 Å². The molecular formula is C9H12BNO4S. The SMILES string of the molecule is CS(=O)(=O)Nc1ccc(/C=C/B(O)O)cc1. The molecule has 0 fully saturated rings. The van der Waals surface area contributed by atoms with Crippen molar-refractivity contribution < 1.29 is 18.5 Å². The summed E-state index contributed by atoms with van der Waals surface area (Å²) in [6.45, 7) is 0. The molecule has 0 aliphatic carbocycles. The Morgan fingerprint density at radius 3 is 2.25 bits per heavy atom. The van der Waals surface area contributed by atoms with E-state index in [4.69, 9.17) is 10.0 Å². The summed E-state index contributed by atoms with van der Waals surface area (Å²) in [5, 5.41) is 17.2. The Kier molecular flexibility index (Phi) is 4.11. The van der Waals surface area contributed by atoms with Crippen LogP contribution in [-0.2, 0) is 10.0 Å². The van der Waals surface area contributed by atoms with Crippen molar-refractivity contribution in [2.45, 2.75) is 0 Å². The third-order valence-electron chi connectivity index (χ3n) is 1.67. The fraction of sp³-hybridized carbons (Fsp3) is 0.111. The molecule has 0 bridgehead atoms. The van der Waals surface area contributed by atoms with Crippen molar-refractivity contribution in [3.8, 4) is 0 Å². The van der Waals surface area contributed by atoms with Crippen LogP contribution in [0.1, 0.15) is 5.56 Å². The number of hydrogen-bond donors (Lipinski definition) is 3. The lowest BCUT2D eigenvalue weighted by Gasteiger charge is -2.03. The maximum Gasteiger partial charge on any atom is 0.480 e. The average molecular weight is 241 g/mol. The van der Waals surface area contributed by atoms with Crippen LogP contribution in [0.3, 0.4) is 0 Å². The van der Waals surface area contributed by atoms with Gasteiger partial charge in [-0.3, -0.25) is 4.72 Å². The van der Waals surface area contributed by atoms with E-state index >= 15 is 0 Å². The van der Waals surface area contributed by atoms with Gasteiger partial charge in [-0.15, -0.1) is 0 Å². The van der Waals surface area contributed by atoms with Crippen LogP contribution in [0.4, 0.5) is 5.69 Å². The number of sulfonamides is 1. The van der Waals surface area contributed by atoms with Crippen LogP contribution in [0.15, 0.2) is 30.2 Å².